The van der Waals surface area contributed by atoms with E-state index in [4.69, 9.17) is 11.3 Å². The minimum atomic E-state index is -0.380. The van der Waals surface area contributed by atoms with Crippen molar-refractivity contribution in [1.82, 2.24) is 0 Å². The van der Waals surface area contributed by atoms with Crippen LogP contribution in [0.1, 0.15) is 15.9 Å². The highest BCUT2D eigenvalue weighted by Gasteiger charge is 2.11. The molecule has 0 atom stereocenters. The molecule has 0 saturated carbocycles. The highest BCUT2D eigenvalue weighted by atomic mass is 79.9. The van der Waals surface area contributed by atoms with E-state index in [1.807, 2.05) is 24.3 Å². The summed E-state index contributed by atoms with van der Waals surface area (Å²) in [7, 11) is 1.36. The first kappa shape index (κ1) is 14.3. The summed E-state index contributed by atoms with van der Waals surface area (Å²) in [6, 6.07) is 12.8. The van der Waals surface area contributed by atoms with Gasteiger partial charge < -0.3 is 4.74 Å². The fraction of sp³-hybridized carbons (Fsp3) is 0.125. The molecule has 0 N–H and O–H groups in total. The number of nitrogens with zero attached hydrogens (tertiary/aromatic N) is 1. The van der Waals surface area contributed by atoms with Gasteiger partial charge in [0.15, 0.2) is 5.69 Å². The van der Waals surface area contributed by atoms with Gasteiger partial charge in [0.05, 0.1) is 19.2 Å². The molecule has 0 fully saturated rings. The lowest BCUT2D eigenvalue weighted by molar-refractivity contribution is 0.0600. The zero-order chi connectivity index (χ0) is 14.5. The Morgan fingerprint density at radius 1 is 1.30 bits per heavy atom. The monoisotopic (exact) mass is 329 g/mol. The lowest BCUT2D eigenvalue weighted by Gasteiger charge is -2.09. The molecule has 0 heterocycles. The molecule has 0 unspecified atom stereocenters. The largest absolute Gasteiger partial charge is 0.465 e. The van der Waals surface area contributed by atoms with Crippen LogP contribution in [-0.2, 0) is 10.1 Å². The van der Waals surface area contributed by atoms with Gasteiger partial charge in [0.1, 0.15) is 0 Å². The van der Waals surface area contributed by atoms with E-state index in [1.54, 1.807) is 18.2 Å². The Bertz CT molecular complexity index is 689. The fourth-order valence-electron chi connectivity index (χ4n) is 1.98. The Kier molecular flexibility index (Phi) is 4.54. The number of para-hydroxylation sites is 1. The molecule has 20 heavy (non-hydrogen) atoms. The molecule has 0 saturated heterocycles. The average molecular weight is 330 g/mol. The van der Waals surface area contributed by atoms with Crippen LogP contribution >= 0.6 is 15.9 Å². The molecule has 2 aromatic carbocycles. The maximum atomic E-state index is 11.7. The Morgan fingerprint density at radius 3 is 2.70 bits per heavy atom. The maximum absolute atomic E-state index is 11.7. The summed E-state index contributed by atoms with van der Waals surface area (Å²) in [5.41, 5.74) is 3.67. The first-order valence-corrected chi connectivity index (χ1v) is 7.07. The third kappa shape index (κ3) is 2.89. The van der Waals surface area contributed by atoms with Gasteiger partial charge in [-0.2, -0.15) is 0 Å². The number of ether oxygens (including phenoxy) is 1. The minimum absolute atomic E-state index is 0.380. The topological polar surface area (TPSA) is 30.7 Å². The number of hydrogen-bond acceptors (Lipinski definition) is 2. The molecule has 0 aliphatic rings. The zero-order valence-electron chi connectivity index (χ0n) is 10.9. The van der Waals surface area contributed by atoms with Gasteiger partial charge in [-0.05, 0) is 28.8 Å². The molecule has 0 amide bonds. The number of hydrogen-bond donors (Lipinski definition) is 0. The van der Waals surface area contributed by atoms with Gasteiger partial charge in [0, 0.05) is 5.33 Å². The van der Waals surface area contributed by atoms with Crippen LogP contribution in [0.15, 0.2) is 42.5 Å². The second-order valence-corrected chi connectivity index (χ2v) is 4.73. The zero-order valence-corrected chi connectivity index (χ0v) is 12.5. The normalized spacial score (nSPS) is 9.85. The summed E-state index contributed by atoms with van der Waals surface area (Å²) < 4.78 is 4.77. The molecular weight excluding hydrogens is 318 g/mol. The first-order chi connectivity index (χ1) is 9.69. The summed E-state index contributed by atoms with van der Waals surface area (Å²) in [6.07, 6.45) is 0. The Labute approximate surface area is 126 Å². The Balaban J connectivity index is 2.62. The van der Waals surface area contributed by atoms with Crippen LogP contribution in [0, 0.1) is 6.57 Å². The third-order valence-corrected chi connectivity index (χ3v) is 3.55. The van der Waals surface area contributed by atoms with Crippen molar-refractivity contribution in [3.63, 3.8) is 0 Å². The molecule has 4 heteroatoms. The van der Waals surface area contributed by atoms with Crippen LogP contribution in [0.2, 0.25) is 0 Å². The number of halogens is 1. The summed E-state index contributed by atoms with van der Waals surface area (Å²) in [5, 5.41) is 0.630. The van der Waals surface area contributed by atoms with E-state index in [9.17, 15) is 4.79 Å². The van der Waals surface area contributed by atoms with Crippen molar-refractivity contribution in [1.29, 1.82) is 0 Å². The van der Waals surface area contributed by atoms with Crippen molar-refractivity contribution in [3.05, 3.63) is 65.0 Å². The van der Waals surface area contributed by atoms with E-state index < -0.39 is 0 Å². The van der Waals surface area contributed by atoms with Crippen LogP contribution in [-0.4, -0.2) is 13.1 Å². The van der Waals surface area contributed by atoms with Crippen LogP contribution in [0.4, 0.5) is 5.69 Å². The Hall–Kier alpha value is -2.12. The smallest absolute Gasteiger partial charge is 0.337 e. The van der Waals surface area contributed by atoms with E-state index in [0.717, 1.165) is 16.7 Å². The Morgan fingerprint density at radius 2 is 2.05 bits per heavy atom. The number of alkyl halides is 1. The molecule has 0 aromatic heterocycles. The molecule has 2 rings (SSSR count). The number of esters is 1. The predicted octanol–water partition coefficient (Wildman–Crippen LogP) is 4.59. The van der Waals surface area contributed by atoms with E-state index in [2.05, 4.69) is 20.8 Å². The van der Waals surface area contributed by atoms with Crippen molar-refractivity contribution in [3.8, 4) is 11.1 Å². The lowest BCUT2D eigenvalue weighted by atomic mass is 9.99. The minimum Gasteiger partial charge on any atom is -0.465 e. The lowest BCUT2D eigenvalue weighted by Crippen LogP contribution is -2.02. The molecule has 0 radical (unpaired) electrons. The summed E-state index contributed by atoms with van der Waals surface area (Å²) in [6.45, 7) is 7.23. The molecule has 100 valence electrons. The highest BCUT2D eigenvalue weighted by Crippen LogP contribution is 2.32. The van der Waals surface area contributed by atoms with Crippen molar-refractivity contribution >= 4 is 27.6 Å². The van der Waals surface area contributed by atoms with Crippen LogP contribution in [0.5, 0.6) is 0 Å². The average Bonchev–Trinajstić information content (AvgIpc) is 2.53. The second-order valence-electron chi connectivity index (χ2n) is 4.17. The maximum Gasteiger partial charge on any atom is 0.337 e. The molecular formula is C16H12BrNO2. The van der Waals surface area contributed by atoms with Gasteiger partial charge >= 0.3 is 5.97 Å². The molecule has 0 spiro atoms. The number of rotatable bonds is 3. The van der Waals surface area contributed by atoms with Gasteiger partial charge in [0.2, 0.25) is 0 Å². The van der Waals surface area contributed by atoms with E-state index in [-0.39, 0.29) is 5.97 Å². The molecule has 0 aliphatic heterocycles. The van der Waals surface area contributed by atoms with Crippen molar-refractivity contribution in [2.75, 3.05) is 7.11 Å². The van der Waals surface area contributed by atoms with Gasteiger partial charge in [-0.25, -0.2) is 9.64 Å². The third-order valence-electron chi connectivity index (χ3n) is 2.90. The SMILES string of the molecule is [C-]#[N+]c1ccccc1-c1cc(CBr)cc(C(=O)OC)c1. The molecule has 3 nitrogen and oxygen atoms in total. The van der Waals surface area contributed by atoms with E-state index >= 15 is 0 Å². The van der Waals surface area contributed by atoms with Crippen molar-refractivity contribution in [2.24, 2.45) is 0 Å². The van der Waals surface area contributed by atoms with Crippen LogP contribution in [0.3, 0.4) is 0 Å². The first-order valence-electron chi connectivity index (χ1n) is 5.94. The van der Waals surface area contributed by atoms with Crippen LogP contribution < -0.4 is 0 Å². The van der Waals surface area contributed by atoms with Crippen molar-refractivity contribution < 1.29 is 9.53 Å². The number of benzene rings is 2. The molecule has 2 aromatic rings. The fourth-order valence-corrected chi connectivity index (χ4v) is 2.30. The van der Waals surface area contributed by atoms with Gasteiger partial charge in [0.25, 0.3) is 0 Å². The van der Waals surface area contributed by atoms with Crippen LogP contribution in [0.25, 0.3) is 16.0 Å². The van der Waals surface area contributed by atoms with Gasteiger partial charge in [-0.15, -0.1) is 0 Å². The number of carbonyl (C=O) groups is 1. The van der Waals surface area contributed by atoms with E-state index in [0.29, 0.717) is 16.6 Å². The predicted molar refractivity (Wildman–Crippen MR) is 82.1 cm³/mol. The summed E-state index contributed by atoms with van der Waals surface area (Å²) in [4.78, 5) is 15.2. The van der Waals surface area contributed by atoms with Crippen molar-refractivity contribution in [2.45, 2.75) is 5.33 Å². The number of carbonyl (C=O) groups excluding carboxylic acids is 1. The molecule has 0 aliphatic carbocycles. The standard InChI is InChI=1S/C16H12BrNO2/c1-18-15-6-4-3-5-14(15)12-7-11(10-17)8-13(9-12)16(19)20-2/h3-9H,10H2,2H3. The number of methoxy groups -OCH3 is 1. The highest BCUT2D eigenvalue weighted by molar-refractivity contribution is 9.08. The molecule has 0 bridgehead atoms. The summed E-state index contributed by atoms with van der Waals surface area (Å²) in [5.74, 6) is -0.380. The quantitative estimate of drug-likeness (QED) is 0.468. The van der Waals surface area contributed by atoms with Gasteiger partial charge in [-0.1, -0.05) is 46.3 Å². The second kappa shape index (κ2) is 6.36. The summed E-state index contributed by atoms with van der Waals surface area (Å²) >= 11 is 3.39. The van der Waals surface area contributed by atoms with Gasteiger partial charge in [-0.3, -0.25) is 0 Å². The van der Waals surface area contributed by atoms with E-state index in [1.165, 1.54) is 7.11 Å².